The second kappa shape index (κ2) is 8.67. The van der Waals surface area contributed by atoms with E-state index in [2.05, 4.69) is 5.32 Å². The number of nitrogens with zero attached hydrogens (tertiary/aromatic N) is 2. The highest BCUT2D eigenvalue weighted by atomic mass is 32.2. The van der Waals surface area contributed by atoms with E-state index >= 15 is 0 Å². The minimum absolute atomic E-state index is 0.100. The molecule has 1 fully saturated rings. The second-order valence-corrected chi connectivity index (χ2v) is 7.13. The molecule has 1 saturated heterocycles. The fourth-order valence-corrected chi connectivity index (χ4v) is 3.95. The maximum atomic E-state index is 12.9. The van der Waals surface area contributed by atoms with Gasteiger partial charge in [-0.2, -0.15) is 5.26 Å². The number of nitriles is 1. The highest BCUT2D eigenvalue weighted by Crippen LogP contribution is 2.42. The summed E-state index contributed by atoms with van der Waals surface area (Å²) in [6.45, 7) is 2.05. The van der Waals surface area contributed by atoms with Gasteiger partial charge in [0.05, 0.1) is 25.2 Å². The molecule has 0 radical (unpaired) electrons. The molecule has 28 heavy (non-hydrogen) atoms. The summed E-state index contributed by atoms with van der Waals surface area (Å²) >= 11 is 1.23. The zero-order valence-corrected chi connectivity index (χ0v) is 16.3. The van der Waals surface area contributed by atoms with Crippen LogP contribution in [0.2, 0.25) is 0 Å². The Morgan fingerprint density at radius 1 is 1.36 bits per heavy atom. The SMILES string of the molecule is CCC1S/C(=C(/C#N)C(=O)NCc2ccco2)N(c2ccc(OC)cc2)C1=O. The predicted molar refractivity (Wildman–Crippen MR) is 105 cm³/mol. The van der Waals surface area contributed by atoms with E-state index in [1.807, 2.05) is 13.0 Å². The van der Waals surface area contributed by atoms with Gasteiger partial charge in [0.15, 0.2) is 0 Å². The Labute approximate surface area is 166 Å². The third-order valence-corrected chi connectivity index (χ3v) is 5.64. The van der Waals surface area contributed by atoms with Crippen molar-refractivity contribution in [3.05, 3.63) is 59.0 Å². The van der Waals surface area contributed by atoms with Crippen molar-refractivity contribution in [3.63, 3.8) is 0 Å². The summed E-state index contributed by atoms with van der Waals surface area (Å²) in [4.78, 5) is 26.9. The highest BCUT2D eigenvalue weighted by molar-refractivity contribution is 8.05. The molecular weight excluding hydrogens is 378 g/mol. The molecule has 0 aliphatic carbocycles. The summed E-state index contributed by atoms with van der Waals surface area (Å²) in [5.74, 6) is 0.519. The summed E-state index contributed by atoms with van der Waals surface area (Å²) < 4.78 is 10.3. The molecule has 1 aromatic heterocycles. The second-order valence-electron chi connectivity index (χ2n) is 5.94. The number of rotatable bonds is 6. The van der Waals surface area contributed by atoms with Crippen LogP contribution in [-0.4, -0.2) is 24.2 Å². The largest absolute Gasteiger partial charge is 0.497 e. The Morgan fingerprint density at radius 3 is 2.68 bits per heavy atom. The van der Waals surface area contributed by atoms with Crippen molar-refractivity contribution in [3.8, 4) is 11.8 Å². The van der Waals surface area contributed by atoms with Crippen LogP contribution in [-0.2, 0) is 16.1 Å². The van der Waals surface area contributed by atoms with Crippen LogP contribution < -0.4 is 15.0 Å². The van der Waals surface area contributed by atoms with Gasteiger partial charge in [0, 0.05) is 5.69 Å². The molecule has 0 bridgehead atoms. The van der Waals surface area contributed by atoms with Gasteiger partial charge in [-0.05, 0) is 42.8 Å². The molecule has 2 amide bonds. The molecule has 1 aliphatic rings. The number of amides is 2. The molecule has 1 atom stereocenters. The molecule has 3 rings (SSSR count). The number of methoxy groups -OCH3 is 1. The van der Waals surface area contributed by atoms with Gasteiger partial charge >= 0.3 is 0 Å². The van der Waals surface area contributed by atoms with Crippen LogP contribution in [0, 0.1) is 11.3 Å². The first-order valence-electron chi connectivity index (χ1n) is 8.68. The number of carbonyl (C=O) groups excluding carboxylic acids is 2. The van der Waals surface area contributed by atoms with Crippen LogP contribution in [0.3, 0.4) is 0 Å². The molecule has 0 saturated carbocycles. The maximum Gasteiger partial charge on any atom is 0.265 e. The predicted octanol–water partition coefficient (Wildman–Crippen LogP) is 3.20. The number of ether oxygens (including phenoxy) is 1. The van der Waals surface area contributed by atoms with E-state index in [0.717, 1.165) is 0 Å². The molecule has 2 aromatic rings. The van der Waals surface area contributed by atoms with Crippen LogP contribution in [0.4, 0.5) is 5.69 Å². The lowest BCUT2D eigenvalue weighted by Crippen LogP contribution is -2.31. The number of nitrogens with one attached hydrogen (secondary N) is 1. The summed E-state index contributed by atoms with van der Waals surface area (Å²) in [6.07, 6.45) is 2.10. The summed E-state index contributed by atoms with van der Waals surface area (Å²) in [5, 5.41) is 12.3. The van der Waals surface area contributed by atoms with Crippen molar-refractivity contribution in [2.24, 2.45) is 0 Å². The Hall–Kier alpha value is -3.18. The smallest absolute Gasteiger partial charge is 0.265 e. The Balaban J connectivity index is 1.94. The molecule has 1 unspecified atom stereocenters. The van der Waals surface area contributed by atoms with Crippen molar-refractivity contribution in [1.29, 1.82) is 5.26 Å². The highest BCUT2D eigenvalue weighted by Gasteiger charge is 2.39. The molecule has 0 spiro atoms. The normalized spacial score (nSPS) is 18.0. The number of carbonyl (C=O) groups is 2. The number of furan rings is 1. The number of benzene rings is 1. The first-order chi connectivity index (χ1) is 13.6. The number of anilines is 1. The van der Waals surface area contributed by atoms with Crippen molar-refractivity contribution in [2.75, 3.05) is 12.0 Å². The standard InChI is InChI=1S/C20H19N3O4S/c1-3-17-19(25)23(13-6-8-14(26-2)9-7-13)20(28-17)16(11-21)18(24)22-12-15-5-4-10-27-15/h4-10,17H,3,12H2,1-2H3,(H,22,24)/b20-16-. The van der Waals surface area contributed by atoms with Gasteiger partial charge in [-0.3, -0.25) is 14.5 Å². The quantitative estimate of drug-likeness (QED) is 0.594. The molecule has 144 valence electrons. The number of hydrogen-bond acceptors (Lipinski definition) is 6. The van der Waals surface area contributed by atoms with Gasteiger partial charge in [0.2, 0.25) is 5.91 Å². The molecule has 8 heteroatoms. The van der Waals surface area contributed by atoms with Crippen molar-refractivity contribution < 1.29 is 18.7 Å². The molecule has 1 aliphatic heterocycles. The Morgan fingerprint density at radius 2 is 2.11 bits per heavy atom. The molecule has 2 heterocycles. The van der Waals surface area contributed by atoms with E-state index in [1.54, 1.807) is 43.5 Å². The van der Waals surface area contributed by atoms with E-state index < -0.39 is 5.91 Å². The molecule has 1 aromatic carbocycles. The topological polar surface area (TPSA) is 95.6 Å². The summed E-state index contributed by atoms with van der Waals surface area (Å²) in [6, 6.07) is 12.3. The Bertz CT molecular complexity index is 929. The van der Waals surface area contributed by atoms with Crippen LogP contribution in [0.25, 0.3) is 0 Å². The minimum Gasteiger partial charge on any atom is -0.497 e. The van der Waals surface area contributed by atoms with Gasteiger partial charge in [0.1, 0.15) is 28.2 Å². The fraction of sp³-hybridized carbons (Fsp3) is 0.250. The van der Waals surface area contributed by atoms with E-state index in [9.17, 15) is 14.9 Å². The lowest BCUT2D eigenvalue weighted by Gasteiger charge is -2.19. The zero-order valence-electron chi connectivity index (χ0n) is 15.5. The van der Waals surface area contributed by atoms with Crippen molar-refractivity contribution in [1.82, 2.24) is 5.32 Å². The zero-order chi connectivity index (χ0) is 20.1. The van der Waals surface area contributed by atoms with Gasteiger partial charge in [-0.15, -0.1) is 0 Å². The molecule has 7 nitrogen and oxygen atoms in total. The van der Waals surface area contributed by atoms with Gasteiger partial charge in [-0.1, -0.05) is 18.7 Å². The first kappa shape index (κ1) is 19.6. The summed E-state index contributed by atoms with van der Waals surface area (Å²) in [7, 11) is 1.56. The third kappa shape index (κ3) is 3.89. The Kier molecular flexibility index (Phi) is 6.06. The molecular formula is C20H19N3O4S. The van der Waals surface area contributed by atoms with Gasteiger partial charge in [-0.25, -0.2) is 0 Å². The number of hydrogen-bond donors (Lipinski definition) is 1. The lowest BCUT2D eigenvalue weighted by atomic mass is 10.2. The number of thioether (sulfide) groups is 1. The average Bonchev–Trinajstić information content (AvgIpc) is 3.35. The monoisotopic (exact) mass is 397 g/mol. The van der Waals surface area contributed by atoms with E-state index in [0.29, 0.717) is 28.6 Å². The molecule has 1 N–H and O–H groups in total. The first-order valence-corrected chi connectivity index (χ1v) is 9.56. The minimum atomic E-state index is -0.551. The van der Waals surface area contributed by atoms with Gasteiger partial charge in [0.25, 0.3) is 5.91 Å². The van der Waals surface area contributed by atoms with Crippen LogP contribution in [0.15, 0.2) is 57.7 Å². The fourth-order valence-electron chi connectivity index (χ4n) is 2.75. The average molecular weight is 397 g/mol. The van der Waals surface area contributed by atoms with Crippen LogP contribution in [0.5, 0.6) is 5.75 Å². The maximum absolute atomic E-state index is 12.9. The van der Waals surface area contributed by atoms with E-state index in [1.165, 1.54) is 22.9 Å². The van der Waals surface area contributed by atoms with Crippen LogP contribution in [0.1, 0.15) is 19.1 Å². The third-order valence-electron chi connectivity index (χ3n) is 4.21. The lowest BCUT2D eigenvalue weighted by molar-refractivity contribution is -0.117. The van der Waals surface area contributed by atoms with E-state index in [4.69, 9.17) is 9.15 Å². The van der Waals surface area contributed by atoms with Crippen molar-refractivity contribution in [2.45, 2.75) is 25.1 Å². The summed E-state index contributed by atoms with van der Waals surface area (Å²) in [5.41, 5.74) is 0.479. The van der Waals surface area contributed by atoms with Crippen molar-refractivity contribution >= 4 is 29.3 Å². The van der Waals surface area contributed by atoms with E-state index in [-0.39, 0.29) is 23.3 Å². The van der Waals surface area contributed by atoms with Gasteiger partial charge < -0.3 is 14.5 Å². The van der Waals surface area contributed by atoms with Crippen LogP contribution >= 0.6 is 11.8 Å².